The molecule has 1 atom stereocenters. The van der Waals surface area contributed by atoms with Crippen LogP contribution in [0.5, 0.6) is 0 Å². The maximum atomic E-state index is 2.36. The van der Waals surface area contributed by atoms with E-state index in [4.69, 9.17) is 0 Å². The molecule has 0 aliphatic heterocycles. The Labute approximate surface area is 76.2 Å². The van der Waals surface area contributed by atoms with Gasteiger partial charge in [-0.15, -0.1) is 0 Å². The summed E-state index contributed by atoms with van der Waals surface area (Å²) in [7, 11) is 0. The van der Waals surface area contributed by atoms with Gasteiger partial charge in [0.15, 0.2) is 0 Å². The number of allylic oxidation sites excluding steroid dienone is 1. The summed E-state index contributed by atoms with van der Waals surface area (Å²) >= 11 is 0.207. The first-order valence-electron chi connectivity index (χ1n) is 3.86. The fourth-order valence-corrected chi connectivity index (χ4v) is 2.85. The molecule has 0 aromatic heterocycles. The third-order valence-electron chi connectivity index (χ3n) is 2.11. The van der Waals surface area contributed by atoms with Crippen LogP contribution in [0.3, 0.4) is 0 Å². The van der Waals surface area contributed by atoms with Crippen LogP contribution in [0.25, 0.3) is 6.08 Å². The van der Waals surface area contributed by atoms with Crippen molar-refractivity contribution in [2.45, 2.75) is 9.45 Å². The Morgan fingerprint density at radius 1 is 1.27 bits per heavy atom. The SMILES string of the molecule is [CH3][Ti][CH]1C=Cc2ccccc21. The van der Waals surface area contributed by atoms with E-state index in [1.165, 1.54) is 5.56 Å². The third-order valence-corrected chi connectivity index (χ3v) is 3.87. The number of hydrogen-bond acceptors (Lipinski definition) is 0. The monoisotopic (exact) mass is 178 g/mol. The molecule has 0 N–H and O–H groups in total. The molecule has 0 radical (unpaired) electrons. The predicted octanol–water partition coefficient (Wildman–Crippen LogP) is 2.89. The standard InChI is InChI=1S/C9H7.CH3.Ti/c1-2-5-9-7-3-6-8(9)4-1;;/h1-7H;1H3;. The van der Waals surface area contributed by atoms with Crippen LogP contribution in [0.2, 0.25) is 5.23 Å². The van der Waals surface area contributed by atoms with E-state index in [0.717, 1.165) is 4.22 Å². The molecule has 1 aromatic carbocycles. The van der Waals surface area contributed by atoms with E-state index in [9.17, 15) is 0 Å². The average molecular weight is 178 g/mol. The summed E-state index contributed by atoms with van der Waals surface area (Å²) in [5, 5.41) is 2.36. The van der Waals surface area contributed by atoms with Crippen LogP contribution in [-0.4, -0.2) is 0 Å². The minimum absolute atomic E-state index is 0.207. The van der Waals surface area contributed by atoms with Crippen molar-refractivity contribution in [2.75, 3.05) is 0 Å². The molecule has 1 heteroatoms. The van der Waals surface area contributed by atoms with Crippen molar-refractivity contribution in [3.8, 4) is 0 Å². The van der Waals surface area contributed by atoms with Gasteiger partial charge in [-0.1, -0.05) is 0 Å². The van der Waals surface area contributed by atoms with Crippen LogP contribution >= 0.6 is 0 Å². The van der Waals surface area contributed by atoms with E-state index in [0.29, 0.717) is 0 Å². The number of benzene rings is 1. The Morgan fingerprint density at radius 2 is 2.09 bits per heavy atom. The van der Waals surface area contributed by atoms with Crippen molar-refractivity contribution in [1.82, 2.24) is 0 Å². The van der Waals surface area contributed by atoms with E-state index in [1.54, 1.807) is 5.56 Å². The number of hydrogen-bond donors (Lipinski definition) is 0. The van der Waals surface area contributed by atoms with Gasteiger partial charge >= 0.3 is 76.1 Å². The Morgan fingerprint density at radius 3 is 2.91 bits per heavy atom. The fraction of sp³-hybridized carbons (Fsp3) is 0.200. The first-order chi connectivity index (χ1) is 5.42. The molecule has 0 bridgehead atoms. The molecular formula is C10H10Ti. The third kappa shape index (κ3) is 1.21. The zero-order valence-electron chi connectivity index (χ0n) is 6.54. The fourth-order valence-electron chi connectivity index (χ4n) is 1.50. The zero-order chi connectivity index (χ0) is 7.68. The molecule has 0 spiro atoms. The van der Waals surface area contributed by atoms with Crippen molar-refractivity contribution in [3.63, 3.8) is 0 Å². The maximum absolute atomic E-state index is 2.36. The summed E-state index contributed by atoms with van der Waals surface area (Å²) in [4.78, 5) is 0. The Kier molecular flexibility index (Phi) is 1.97. The van der Waals surface area contributed by atoms with Gasteiger partial charge in [0.2, 0.25) is 0 Å². The van der Waals surface area contributed by atoms with Crippen LogP contribution in [0.4, 0.5) is 0 Å². The molecular weight excluding hydrogens is 168 g/mol. The number of fused-ring (bicyclic) bond motifs is 1. The summed E-state index contributed by atoms with van der Waals surface area (Å²) < 4.78 is 0.797. The molecule has 1 unspecified atom stereocenters. The molecule has 0 heterocycles. The van der Waals surface area contributed by atoms with E-state index < -0.39 is 0 Å². The first kappa shape index (κ1) is 7.33. The van der Waals surface area contributed by atoms with Gasteiger partial charge < -0.3 is 0 Å². The van der Waals surface area contributed by atoms with Gasteiger partial charge in [0.05, 0.1) is 0 Å². The van der Waals surface area contributed by atoms with Gasteiger partial charge in [-0.2, -0.15) is 0 Å². The van der Waals surface area contributed by atoms with Crippen molar-refractivity contribution >= 4 is 6.08 Å². The van der Waals surface area contributed by atoms with Crippen molar-refractivity contribution in [2.24, 2.45) is 0 Å². The first-order valence-corrected chi connectivity index (χ1v) is 6.32. The van der Waals surface area contributed by atoms with Crippen LogP contribution in [0, 0.1) is 0 Å². The van der Waals surface area contributed by atoms with E-state index in [-0.39, 0.29) is 19.2 Å². The van der Waals surface area contributed by atoms with Crippen molar-refractivity contribution in [1.29, 1.82) is 0 Å². The van der Waals surface area contributed by atoms with Crippen LogP contribution in [0.1, 0.15) is 15.3 Å². The molecule has 0 saturated carbocycles. The van der Waals surface area contributed by atoms with Crippen LogP contribution in [-0.2, 0) is 19.2 Å². The summed E-state index contributed by atoms with van der Waals surface area (Å²) in [5.41, 5.74) is 2.98. The summed E-state index contributed by atoms with van der Waals surface area (Å²) in [6, 6.07) is 8.71. The summed E-state index contributed by atoms with van der Waals surface area (Å²) in [5.74, 6) is 0. The van der Waals surface area contributed by atoms with Gasteiger partial charge in [-0.3, -0.25) is 0 Å². The topological polar surface area (TPSA) is 0 Å². The molecule has 0 nitrogen and oxygen atoms in total. The van der Waals surface area contributed by atoms with Gasteiger partial charge in [-0.25, -0.2) is 0 Å². The van der Waals surface area contributed by atoms with Crippen molar-refractivity contribution < 1.29 is 19.2 Å². The molecule has 0 amide bonds. The van der Waals surface area contributed by atoms with Crippen LogP contribution in [0.15, 0.2) is 30.3 Å². The molecule has 0 fully saturated rings. The van der Waals surface area contributed by atoms with Gasteiger partial charge in [0.1, 0.15) is 0 Å². The van der Waals surface area contributed by atoms with Crippen LogP contribution < -0.4 is 0 Å². The molecule has 11 heavy (non-hydrogen) atoms. The van der Waals surface area contributed by atoms with E-state index in [1.807, 2.05) is 0 Å². The quantitative estimate of drug-likeness (QED) is 0.580. The van der Waals surface area contributed by atoms with Gasteiger partial charge in [-0.05, 0) is 0 Å². The molecule has 2 rings (SSSR count). The van der Waals surface area contributed by atoms with E-state index >= 15 is 0 Å². The average Bonchev–Trinajstić information content (AvgIpc) is 2.47. The Bertz CT molecular complexity index is 289. The normalized spacial score (nSPS) is 19.9. The molecule has 54 valence electrons. The summed E-state index contributed by atoms with van der Waals surface area (Å²) in [6.07, 6.45) is 4.61. The number of rotatable bonds is 1. The van der Waals surface area contributed by atoms with Crippen molar-refractivity contribution in [3.05, 3.63) is 41.5 Å². The van der Waals surface area contributed by atoms with Gasteiger partial charge in [0, 0.05) is 0 Å². The second-order valence-electron chi connectivity index (χ2n) is 2.75. The Balaban J connectivity index is 2.46. The second kappa shape index (κ2) is 2.96. The molecule has 0 saturated heterocycles. The Hall–Kier alpha value is -0.326. The molecule has 1 aromatic rings. The predicted molar refractivity (Wildman–Crippen MR) is 44.1 cm³/mol. The summed E-state index contributed by atoms with van der Waals surface area (Å²) in [6.45, 7) is 0. The van der Waals surface area contributed by atoms with E-state index in [2.05, 4.69) is 41.6 Å². The van der Waals surface area contributed by atoms with Gasteiger partial charge in [0.25, 0.3) is 0 Å². The zero-order valence-corrected chi connectivity index (χ0v) is 8.10. The second-order valence-corrected chi connectivity index (χ2v) is 4.63. The molecule has 1 aliphatic carbocycles. The molecule has 1 aliphatic rings. The minimum atomic E-state index is 0.207.